The van der Waals surface area contributed by atoms with E-state index in [9.17, 15) is 35.5 Å². The van der Waals surface area contributed by atoms with Gasteiger partial charge >= 0.3 is 12.4 Å². The molecule has 3 aromatic carbocycles. The molecule has 0 aliphatic carbocycles. The van der Waals surface area contributed by atoms with Crippen LogP contribution in [0.5, 0.6) is 0 Å². The van der Waals surface area contributed by atoms with Crippen molar-refractivity contribution in [3.8, 4) is 23.1 Å². The third-order valence-electron chi connectivity index (χ3n) is 7.11. The lowest BCUT2D eigenvalue weighted by molar-refractivity contribution is -0.143. The standard InChI is InChI=1S/C32H22F7N3O/c1-19-4-14-28(41-40-19)21-7-5-20(6-8-21)3-2-16-42-29-15-11-24(33)17-22(29)9-12-26(30(42)43)25-13-10-23(31(34,35)36)18-27(25)32(37,38)39/h4-8,10-11,13-15,17-18,26H,9,12,16H2,1H3. The van der Waals surface area contributed by atoms with Crippen LogP contribution >= 0.6 is 0 Å². The highest BCUT2D eigenvalue weighted by molar-refractivity contribution is 6.00. The molecule has 0 N–H and O–H groups in total. The third-order valence-corrected chi connectivity index (χ3v) is 7.11. The van der Waals surface area contributed by atoms with E-state index in [0.29, 0.717) is 29.0 Å². The van der Waals surface area contributed by atoms with Gasteiger partial charge in [-0.15, -0.1) is 0 Å². The Bertz CT molecular complexity index is 1720. The smallest absolute Gasteiger partial charge is 0.300 e. The number of anilines is 1. The van der Waals surface area contributed by atoms with E-state index in [1.807, 2.05) is 19.1 Å². The minimum Gasteiger partial charge on any atom is -0.300 e. The van der Waals surface area contributed by atoms with Crippen LogP contribution in [0.4, 0.5) is 36.4 Å². The fourth-order valence-corrected chi connectivity index (χ4v) is 4.98. The Morgan fingerprint density at radius 2 is 1.63 bits per heavy atom. The van der Waals surface area contributed by atoms with Gasteiger partial charge in [-0.25, -0.2) is 4.39 Å². The fourth-order valence-electron chi connectivity index (χ4n) is 4.98. The second-order valence-electron chi connectivity index (χ2n) is 10.0. The number of amides is 1. The molecule has 4 nitrogen and oxygen atoms in total. The van der Waals surface area contributed by atoms with Gasteiger partial charge < -0.3 is 0 Å². The first-order valence-electron chi connectivity index (χ1n) is 13.1. The van der Waals surface area contributed by atoms with E-state index in [1.54, 1.807) is 24.3 Å². The van der Waals surface area contributed by atoms with Crippen LogP contribution in [0.1, 0.15) is 45.8 Å². The summed E-state index contributed by atoms with van der Waals surface area (Å²) >= 11 is 0. The first kappa shape index (κ1) is 29.8. The summed E-state index contributed by atoms with van der Waals surface area (Å²) in [4.78, 5) is 14.9. The summed E-state index contributed by atoms with van der Waals surface area (Å²) in [6.45, 7) is 1.57. The largest absolute Gasteiger partial charge is 0.416 e. The second kappa shape index (κ2) is 11.5. The van der Waals surface area contributed by atoms with Crippen LogP contribution in [0.3, 0.4) is 0 Å². The lowest BCUT2D eigenvalue weighted by Gasteiger charge is -2.26. The zero-order valence-electron chi connectivity index (χ0n) is 22.5. The molecule has 220 valence electrons. The minimum absolute atomic E-state index is 0.0229. The Morgan fingerprint density at radius 3 is 2.28 bits per heavy atom. The normalized spacial score (nSPS) is 15.4. The Kier molecular flexibility index (Phi) is 7.97. The van der Waals surface area contributed by atoms with Gasteiger partial charge in [0.1, 0.15) is 5.82 Å². The van der Waals surface area contributed by atoms with Crippen LogP contribution in [0.15, 0.2) is 72.8 Å². The quantitative estimate of drug-likeness (QED) is 0.179. The van der Waals surface area contributed by atoms with Crippen molar-refractivity contribution < 1.29 is 35.5 Å². The maximum absolute atomic E-state index is 14.1. The molecule has 11 heteroatoms. The summed E-state index contributed by atoms with van der Waals surface area (Å²) in [7, 11) is 0. The third kappa shape index (κ3) is 6.53. The summed E-state index contributed by atoms with van der Waals surface area (Å²) < 4.78 is 95.8. The molecule has 1 aliphatic rings. The average Bonchev–Trinajstić information content (AvgIpc) is 3.08. The molecule has 1 atom stereocenters. The van der Waals surface area contributed by atoms with Crippen LogP contribution in [0.25, 0.3) is 11.3 Å². The number of aromatic nitrogens is 2. The van der Waals surface area contributed by atoms with Crippen molar-refractivity contribution in [3.05, 3.63) is 112 Å². The molecular formula is C32H22F7N3O. The zero-order valence-corrected chi connectivity index (χ0v) is 22.5. The van der Waals surface area contributed by atoms with Gasteiger partial charge in [-0.05, 0) is 85.5 Å². The maximum Gasteiger partial charge on any atom is 0.416 e. The number of carbonyl (C=O) groups is 1. The number of rotatable bonds is 3. The van der Waals surface area contributed by atoms with E-state index < -0.39 is 46.7 Å². The van der Waals surface area contributed by atoms with Crippen molar-refractivity contribution in [1.29, 1.82) is 0 Å². The highest BCUT2D eigenvalue weighted by Crippen LogP contribution is 2.43. The van der Waals surface area contributed by atoms with Crippen molar-refractivity contribution in [2.45, 2.75) is 38.0 Å². The zero-order chi connectivity index (χ0) is 30.9. The molecular weight excluding hydrogens is 575 g/mol. The van der Waals surface area contributed by atoms with Crippen molar-refractivity contribution >= 4 is 11.6 Å². The van der Waals surface area contributed by atoms with Crippen LogP contribution in [-0.4, -0.2) is 22.6 Å². The summed E-state index contributed by atoms with van der Waals surface area (Å²) in [6, 6.07) is 15.6. The number of aryl methyl sites for hydroxylation is 2. The second-order valence-corrected chi connectivity index (χ2v) is 10.0. The molecule has 0 saturated heterocycles. The van der Waals surface area contributed by atoms with Crippen molar-refractivity contribution in [1.82, 2.24) is 10.2 Å². The molecule has 43 heavy (non-hydrogen) atoms. The Morgan fingerprint density at radius 1 is 0.884 bits per heavy atom. The number of hydrogen-bond acceptors (Lipinski definition) is 3. The van der Waals surface area contributed by atoms with Gasteiger partial charge in [0.2, 0.25) is 5.91 Å². The highest BCUT2D eigenvalue weighted by Gasteiger charge is 2.42. The van der Waals surface area contributed by atoms with Gasteiger partial charge in [-0.2, -0.15) is 36.5 Å². The predicted molar refractivity (Wildman–Crippen MR) is 145 cm³/mol. The van der Waals surface area contributed by atoms with Crippen LogP contribution in [0, 0.1) is 24.6 Å². The van der Waals surface area contributed by atoms with E-state index in [4.69, 9.17) is 0 Å². The summed E-state index contributed by atoms with van der Waals surface area (Å²) in [5, 5.41) is 8.16. The summed E-state index contributed by atoms with van der Waals surface area (Å²) in [5.41, 5.74) is -0.114. The van der Waals surface area contributed by atoms with Gasteiger partial charge in [0.25, 0.3) is 0 Å². The number of carbonyl (C=O) groups excluding carboxylic acids is 1. The molecule has 1 amide bonds. The number of alkyl halides is 6. The molecule has 4 aromatic rings. The SMILES string of the molecule is Cc1ccc(-c2ccc(C#CCN3C(=O)C(c4ccc(C(F)(F)F)cc4C(F)(F)F)CCc4cc(F)ccc43)cc2)nn1. The molecule has 2 heterocycles. The van der Waals surface area contributed by atoms with E-state index in [2.05, 4.69) is 22.0 Å². The molecule has 0 saturated carbocycles. The minimum atomic E-state index is -5.15. The fraction of sp³-hybridized carbons (Fsp3) is 0.219. The van der Waals surface area contributed by atoms with Crippen LogP contribution in [0.2, 0.25) is 0 Å². The maximum atomic E-state index is 14.1. The first-order chi connectivity index (χ1) is 20.3. The molecule has 5 rings (SSSR count). The van der Waals surface area contributed by atoms with Gasteiger partial charge in [0, 0.05) is 16.8 Å². The number of fused-ring (bicyclic) bond motifs is 1. The number of benzene rings is 3. The van der Waals surface area contributed by atoms with E-state index >= 15 is 0 Å². The topological polar surface area (TPSA) is 46.1 Å². The molecule has 0 bridgehead atoms. The summed E-state index contributed by atoms with van der Waals surface area (Å²) in [6.07, 6.45) is -10.3. The van der Waals surface area contributed by atoms with Crippen molar-refractivity contribution in [2.24, 2.45) is 0 Å². The molecule has 1 aromatic heterocycles. The van der Waals surface area contributed by atoms with Gasteiger partial charge in [-0.3, -0.25) is 9.69 Å². The Hall–Kier alpha value is -4.72. The number of nitrogens with zero attached hydrogens (tertiary/aromatic N) is 3. The van der Waals surface area contributed by atoms with Gasteiger partial charge in [0.05, 0.1) is 35.0 Å². The number of halogens is 7. The van der Waals surface area contributed by atoms with Crippen LogP contribution in [-0.2, 0) is 23.6 Å². The number of hydrogen-bond donors (Lipinski definition) is 0. The Balaban J connectivity index is 1.48. The molecule has 1 unspecified atom stereocenters. The van der Waals surface area contributed by atoms with Crippen LogP contribution < -0.4 is 4.90 Å². The lowest BCUT2D eigenvalue weighted by Crippen LogP contribution is -2.35. The highest BCUT2D eigenvalue weighted by atomic mass is 19.4. The molecule has 0 spiro atoms. The summed E-state index contributed by atoms with van der Waals surface area (Å²) in [5.74, 6) is 2.96. The van der Waals surface area contributed by atoms with Crippen molar-refractivity contribution in [3.63, 3.8) is 0 Å². The van der Waals surface area contributed by atoms with E-state index in [0.717, 1.165) is 22.2 Å². The van der Waals surface area contributed by atoms with E-state index in [1.165, 1.54) is 12.1 Å². The van der Waals surface area contributed by atoms with Gasteiger partial charge in [0.15, 0.2) is 0 Å². The van der Waals surface area contributed by atoms with Gasteiger partial charge in [-0.1, -0.05) is 30.0 Å². The average molecular weight is 598 g/mol. The van der Waals surface area contributed by atoms with Crippen molar-refractivity contribution in [2.75, 3.05) is 11.4 Å². The van der Waals surface area contributed by atoms with E-state index in [-0.39, 0.29) is 31.1 Å². The first-order valence-corrected chi connectivity index (χ1v) is 13.1. The monoisotopic (exact) mass is 597 g/mol. The molecule has 1 aliphatic heterocycles. The Labute approximate surface area is 242 Å². The lowest BCUT2D eigenvalue weighted by atomic mass is 9.88. The molecule has 0 fully saturated rings. The predicted octanol–water partition coefficient (Wildman–Crippen LogP) is 7.74. The molecule has 0 radical (unpaired) electrons.